The van der Waals surface area contributed by atoms with Crippen LogP contribution in [0.2, 0.25) is 0 Å². The van der Waals surface area contributed by atoms with Crippen molar-refractivity contribution >= 4 is 0 Å². The zero-order chi connectivity index (χ0) is 10.2. The second-order valence-corrected chi connectivity index (χ2v) is 4.05. The Morgan fingerprint density at radius 1 is 1.00 bits per heavy atom. The van der Waals surface area contributed by atoms with Gasteiger partial charge in [-0.2, -0.15) is 0 Å². The Bertz CT molecular complexity index is 158. The minimum absolute atomic E-state index is 0.449. The van der Waals surface area contributed by atoms with Crippen LogP contribution in [0.4, 0.5) is 0 Å². The third kappa shape index (κ3) is 2.40. The first kappa shape index (κ1) is 10.9. The van der Waals surface area contributed by atoms with Gasteiger partial charge in [0.05, 0.1) is 12.2 Å². The van der Waals surface area contributed by atoms with Crippen molar-refractivity contribution in [2.75, 3.05) is 0 Å². The molecule has 0 aromatic rings. The fourth-order valence-electron chi connectivity index (χ4n) is 1.56. The van der Waals surface area contributed by atoms with Crippen molar-refractivity contribution in [3.05, 3.63) is 0 Å². The lowest BCUT2D eigenvalue weighted by Crippen LogP contribution is -2.39. The van der Waals surface area contributed by atoms with Crippen molar-refractivity contribution < 1.29 is 19.7 Å². The molecule has 1 aliphatic heterocycles. The highest BCUT2D eigenvalue weighted by Gasteiger charge is 2.45. The maximum absolute atomic E-state index is 9.39. The van der Waals surface area contributed by atoms with Gasteiger partial charge in [-0.3, -0.25) is 0 Å². The second kappa shape index (κ2) is 3.53. The van der Waals surface area contributed by atoms with Gasteiger partial charge in [-0.1, -0.05) is 0 Å². The highest BCUT2D eigenvalue weighted by atomic mass is 16.8. The summed E-state index contributed by atoms with van der Waals surface area (Å²) in [5.41, 5.74) is 0. The van der Waals surface area contributed by atoms with Gasteiger partial charge in [0.25, 0.3) is 0 Å². The largest absolute Gasteiger partial charge is 0.391 e. The smallest absolute Gasteiger partial charge is 0.164 e. The van der Waals surface area contributed by atoms with Crippen LogP contribution >= 0.6 is 0 Å². The van der Waals surface area contributed by atoms with E-state index in [9.17, 15) is 10.2 Å². The average Bonchev–Trinajstić information content (AvgIpc) is 2.26. The maximum Gasteiger partial charge on any atom is 0.164 e. The van der Waals surface area contributed by atoms with Crippen molar-refractivity contribution in [3.63, 3.8) is 0 Å². The Balaban J connectivity index is 2.71. The van der Waals surface area contributed by atoms with Crippen molar-refractivity contribution in [2.24, 2.45) is 0 Å². The van der Waals surface area contributed by atoms with Gasteiger partial charge < -0.3 is 19.7 Å². The Morgan fingerprint density at radius 2 is 1.31 bits per heavy atom. The molecule has 4 heteroatoms. The lowest BCUT2D eigenvalue weighted by atomic mass is 10.1. The van der Waals surface area contributed by atoms with Crippen LogP contribution < -0.4 is 0 Å². The van der Waals surface area contributed by atoms with Crippen LogP contribution in [0.3, 0.4) is 0 Å². The van der Waals surface area contributed by atoms with Gasteiger partial charge in [0.15, 0.2) is 5.79 Å². The monoisotopic (exact) mass is 190 g/mol. The molecular weight excluding hydrogens is 172 g/mol. The first-order valence-corrected chi connectivity index (χ1v) is 4.55. The number of rotatable bonds is 2. The van der Waals surface area contributed by atoms with Gasteiger partial charge in [-0.05, 0) is 27.7 Å². The molecule has 1 rings (SSSR count). The average molecular weight is 190 g/mol. The van der Waals surface area contributed by atoms with E-state index in [0.717, 1.165) is 0 Å². The van der Waals surface area contributed by atoms with Gasteiger partial charge in [0, 0.05) is 0 Å². The normalized spacial score (nSPS) is 37.4. The van der Waals surface area contributed by atoms with E-state index in [2.05, 4.69) is 0 Å². The Hall–Kier alpha value is -0.160. The summed E-state index contributed by atoms with van der Waals surface area (Å²) >= 11 is 0. The van der Waals surface area contributed by atoms with E-state index in [0.29, 0.717) is 0 Å². The summed E-state index contributed by atoms with van der Waals surface area (Å²) < 4.78 is 10.9. The molecule has 78 valence electrons. The number of aliphatic hydroxyl groups is 2. The lowest BCUT2D eigenvalue weighted by Gasteiger charge is -2.20. The predicted molar refractivity (Wildman–Crippen MR) is 47.2 cm³/mol. The summed E-state index contributed by atoms with van der Waals surface area (Å²) in [7, 11) is 0. The summed E-state index contributed by atoms with van der Waals surface area (Å²) in [5.74, 6) is -0.719. The molecule has 0 saturated carbocycles. The summed E-state index contributed by atoms with van der Waals surface area (Å²) in [6.07, 6.45) is -2.17. The van der Waals surface area contributed by atoms with E-state index < -0.39 is 30.2 Å². The predicted octanol–water partition coefficient (Wildman–Crippen LogP) is 0.268. The van der Waals surface area contributed by atoms with E-state index in [-0.39, 0.29) is 0 Å². The van der Waals surface area contributed by atoms with Crippen LogP contribution in [0, 0.1) is 0 Å². The van der Waals surface area contributed by atoms with Gasteiger partial charge >= 0.3 is 0 Å². The van der Waals surface area contributed by atoms with Crippen LogP contribution in [0.1, 0.15) is 27.7 Å². The first-order valence-electron chi connectivity index (χ1n) is 4.55. The molecule has 0 aromatic heterocycles. The van der Waals surface area contributed by atoms with E-state index in [1.165, 1.54) is 0 Å². The molecule has 1 fully saturated rings. The van der Waals surface area contributed by atoms with Crippen LogP contribution in [0.25, 0.3) is 0 Å². The van der Waals surface area contributed by atoms with E-state index in [1.54, 1.807) is 27.7 Å². The Kier molecular flexibility index (Phi) is 2.97. The molecule has 0 aliphatic carbocycles. The lowest BCUT2D eigenvalue weighted by molar-refractivity contribution is -0.159. The topological polar surface area (TPSA) is 58.9 Å². The highest BCUT2D eigenvalue weighted by Crippen LogP contribution is 2.31. The molecule has 4 atom stereocenters. The number of ether oxygens (including phenoxy) is 2. The number of aliphatic hydroxyl groups excluding tert-OH is 2. The summed E-state index contributed by atoms with van der Waals surface area (Å²) in [6, 6.07) is 0. The van der Waals surface area contributed by atoms with Gasteiger partial charge in [-0.15, -0.1) is 0 Å². The van der Waals surface area contributed by atoms with Crippen LogP contribution in [0.5, 0.6) is 0 Å². The molecule has 13 heavy (non-hydrogen) atoms. The maximum atomic E-state index is 9.39. The van der Waals surface area contributed by atoms with Gasteiger partial charge in [0.1, 0.15) is 12.2 Å². The molecule has 1 heterocycles. The van der Waals surface area contributed by atoms with Gasteiger partial charge in [0.2, 0.25) is 0 Å². The van der Waals surface area contributed by atoms with E-state index >= 15 is 0 Å². The molecule has 2 N–H and O–H groups in total. The Morgan fingerprint density at radius 3 is 1.54 bits per heavy atom. The van der Waals surface area contributed by atoms with Crippen molar-refractivity contribution in [1.29, 1.82) is 0 Å². The molecule has 0 unspecified atom stereocenters. The third-order valence-electron chi connectivity index (χ3n) is 2.11. The molecule has 0 radical (unpaired) electrons. The summed E-state index contributed by atoms with van der Waals surface area (Å²) in [4.78, 5) is 0. The zero-order valence-electron chi connectivity index (χ0n) is 8.52. The second-order valence-electron chi connectivity index (χ2n) is 4.05. The van der Waals surface area contributed by atoms with Crippen LogP contribution in [-0.2, 0) is 9.47 Å². The molecule has 0 aromatic carbocycles. The van der Waals surface area contributed by atoms with Crippen LogP contribution in [0.15, 0.2) is 0 Å². The molecule has 1 aliphatic rings. The highest BCUT2D eigenvalue weighted by molar-refractivity contribution is 4.87. The standard InChI is InChI=1S/C9H18O4/c1-5(10)7-8(6(2)11)13-9(3,4)12-7/h5-8,10-11H,1-4H3/t5-,6-,7-,8+/m0/s1. The SMILES string of the molecule is C[C@H](O)[C@@H]1OC(C)(C)O[C@@H]1[C@H](C)O. The molecule has 0 spiro atoms. The fraction of sp³-hybridized carbons (Fsp3) is 1.00. The van der Waals surface area contributed by atoms with Crippen LogP contribution in [-0.4, -0.2) is 40.4 Å². The number of hydrogen-bond acceptors (Lipinski definition) is 4. The molecule has 4 nitrogen and oxygen atoms in total. The van der Waals surface area contributed by atoms with Crippen molar-refractivity contribution in [3.8, 4) is 0 Å². The first-order chi connectivity index (χ1) is 5.83. The molecule has 1 saturated heterocycles. The Labute approximate surface area is 78.5 Å². The van der Waals surface area contributed by atoms with Gasteiger partial charge in [-0.25, -0.2) is 0 Å². The quantitative estimate of drug-likeness (QED) is 0.656. The number of hydrogen-bond donors (Lipinski definition) is 2. The van der Waals surface area contributed by atoms with E-state index in [1.807, 2.05) is 0 Å². The fourth-order valence-corrected chi connectivity index (χ4v) is 1.56. The van der Waals surface area contributed by atoms with Crippen molar-refractivity contribution in [2.45, 2.75) is 57.9 Å². The van der Waals surface area contributed by atoms with E-state index in [4.69, 9.17) is 9.47 Å². The summed E-state index contributed by atoms with van der Waals surface area (Å²) in [6.45, 7) is 6.80. The third-order valence-corrected chi connectivity index (χ3v) is 2.11. The minimum atomic E-state index is -0.719. The molecule has 0 bridgehead atoms. The van der Waals surface area contributed by atoms with Crippen molar-refractivity contribution in [1.82, 2.24) is 0 Å². The minimum Gasteiger partial charge on any atom is -0.391 e. The molecule has 0 amide bonds. The summed E-state index contributed by atoms with van der Waals surface area (Å²) in [5, 5.41) is 18.8. The zero-order valence-corrected chi connectivity index (χ0v) is 8.52. The molecular formula is C9H18O4.